The molecule has 1 unspecified atom stereocenters. The van der Waals surface area contributed by atoms with E-state index in [9.17, 15) is 0 Å². The Balaban J connectivity index is 2.35. The molecule has 0 radical (unpaired) electrons. The molecular formula is C11H24N2S. The van der Waals surface area contributed by atoms with Crippen LogP contribution in [0.25, 0.3) is 0 Å². The number of rotatable bonds is 4. The van der Waals surface area contributed by atoms with Gasteiger partial charge in [0.15, 0.2) is 0 Å². The zero-order valence-corrected chi connectivity index (χ0v) is 10.6. The van der Waals surface area contributed by atoms with Crippen LogP contribution in [0, 0.1) is 0 Å². The fourth-order valence-electron chi connectivity index (χ4n) is 2.03. The summed E-state index contributed by atoms with van der Waals surface area (Å²) in [5.41, 5.74) is 5.54. The van der Waals surface area contributed by atoms with E-state index in [4.69, 9.17) is 5.73 Å². The van der Waals surface area contributed by atoms with Crippen LogP contribution >= 0.6 is 11.8 Å². The minimum absolute atomic E-state index is 0.440. The van der Waals surface area contributed by atoms with E-state index in [2.05, 4.69) is 37.4 Å². The Kier molecular flexibility index (Phi) is 4.74. The molecule has 2 nitrogen and oxygen atoms in total. The van der Waals surface area contributed by atoms with Crippen molar-refractivity contribution in [2.24, 2.45) is 5.73 Å². The van der Waals surface area contributed by atoms with Crippen LogP contribution in [-0.2, 0) is 0 Å². The van der Waals surface area contributed by atoms with Gasteiger partial charge in [0.1, 0.15) is 0 Å². The van der Waals surface area contributed by atoms with Crippen LogP contribution < -0.4 is 5.73 Å². The van der Waals surface area contributed by atoms with Crippen molar-refractivity contribution in [1.29, 1.82) is 0 Å². The monoisotopic (exact) mass is 216 g/mol. The third kappa shape index (κ3) is 3.79. The topological polar surface area (TPSA) is 29.3 Å². The fourth-order valence-corrected chi connectivity index (χ4v) is 3.16. The van der Waals surface area contributed by atoms with E-state index in [1.54, 1.807) is 0 Å². The number of thioether (sulfide) groups is 1. The quantitative estimate of drug-likeness (QED) is 0.779. The lowest BCUT2D eigenvalue weighted by molar-refractivity contribution is 0.189. The van der Waals surface area contributed by atoms with Crippen LogP contribution in [0.2, 0.25) is 0 Å². The standard InChI is InChI=1S/C11H24N2S/c1-10(5-4-6-12)13-7-8-14-11(2,3)9-13/h10H,4-9,12H2,1-3H3. The lowest BCUT2D eigenvalue weighted by Crippen LogP contribution is -2.47. The maximum Gasteiger partial charge on any atom is 0.0231 e. The molecule has 1 heterocycles. The Bertz CT molecular complexity index is 171. The number of hydrogen-bond acceptors (Lipinski definition) is 3. The highest BCUT2D eigenvalue weighted by atomic mass is 32.2. The smallest absolute Gasteiger partial charge is 0.0231 e. The Morgan fingerprint density at radius 3 is 2.79 bits per heavy atom. The van der Waals surface area contributed by atoms with Gasteiger partial charge in [-0.1, -0.05) is 0 Å². The molecule has 0 amide bonds. The van der Waals surface area contributed by atoms with Crippen molar-refractivity contribution in [2.75, 3.05) is 25.4 Å². The van der Waals surface area contributed by atoms with E-state index in [-0.39, 0.29) is 0 Å². The molecule has 0 aromatic carbocycles. The fraction of sp³-hybridized carbons (Fsp3) is 1.00. The van der Waals surface area contributed by atoms with E-state index in [1.807, 2.05) is 0 Å². The summed E-state index contributed by atoms with van der Waals surface area (Å²) >= 11 is 2.10. The first-order valence-corrected chi connectivity index (χ1v) is 6.62. The second-order valence-electron chi connectivity index (χ2n) is 4.86. The predicted octanol–water partition coefficient (Wildman–Crippen LogP) is 1.94. The highest BCUT2D eigenvalue weighted by Crippen LogP contribution is 2.30. The lowest BCUT2D eigenvalue weighted by atomic mass is 10.1. The van der Waals surface area contributed by atoms with E-state index in [0.717, 1.165) is 13.0 Å². The third-order valence-electron chi connectivity index (χ3n) is 2.90. The van der Waals surface area contributed by atoms with Crippen molar-refractivity contribution in [3.05, 3.63) is 0 Å². The van der Waals surface area contributed by atoms with Crippen molar-refractivity contribution in [2.45, 2.75) is 44.4 Å². The van der Waals surface area contributed by atoms with Crippen molar-refractivity contribution < 1.29 is 0 Å². The summed E-state index contributed by atoms with van der Waals surface area (Å²) in [7, 11) is 0. The van der Waals surface area contributed by atoms with Gasteiger partial charge in [-0.15, -0.1) is 0 Å². The van der Waals surface area contributed by atoms with Crippen molar-refractivity contribution in [1.82, 2.24) is 4.90 Å². The van der Waals surface area contributed by atoms with Gasteiger partial charge in [0.05, 0.1) is 0 Å². The molecule has 84 valence electrons. The van der Waals surface area contributed by atoms with Crippen LogP contribution in [-0.4, -0.2) is 41.1 Å². The summed E-state index contributed by atoms with van der Waals surface area (Å²) in [6.07, 6.45) is 2.41. The maximum absolute atomic E-state index is 5.54. The van der Waals surface area contributed by atoms with Gasteiger partial charge in [0, 0.05) is 29.6 Å². The van der Waals surface area contributed by atoms with Crippen molar-refractivity contribution >= 4 is 11.8 Å². The molecule has 1 aliphatic heterocycles. The third-order valence-corrected chi connectivity index (χ3v) is 4.20. The van der Waals surface area contributed by atoms with Gasteiger partial charge in [-0.3, -0.25) is 4.90 Å². The molecule has 0 aromatic rings. The van der Waals surface area contributed by atoms with Gasteiger partial charge < -0.3 is 5.73 Å². The highest BCUT2D eigenvalue weighted by molar-refractivity contribution is 8.00. The van der Waals surface area contributed by atoms with Gasteiger partial charge in [-0.05, 0) is 40.2 Å². The molecule has 1 fully saturated rings. The Morgan fingerprint density at radius 1 is 1.50 bits per heavy atom. The average Bonchev–Trinajstić information content (AvgIpc) is 2.12. The first-order chi connectivity index (χ1) is 6.55. The average molecular weight is 216 g/mol. The van der Waals surface area contributed by atoms with Gasteiger partial charge in [-0.2, -0.15) is 11.8 Å². The minimum Gasteiger partial charge on any atom is -0.330 e. The first kappa shape index (κ1) is 12.3. The molecule has 1 aliphatic rings. The highest BCUT2D eigenvalue weighted by Gasteiger charge is 2.28. The summed E-state index contributed by atoms with van der Waals surface area (Å²) in [6, 6.07) is 0.707. The molecule has 0 bridgehead atoms. The summed E-state index contributed by atoms with van der Waals surface area (Å²) < 4.78 is 0.440. The zero-order valence-electron chi connectivity index (χ0n) is 9.75. The molecule has 0 saturated carbocycles. The molecule has 14 heavy (non-hydrogen) atoms. The largest absolute Gasteiger partial charge is 0.330 e. The summed E-state index contributed by atoms with van der Waals surface area (Å²) in [5, 5.41) is 0. The Labute approximate surface area is 92.6 Å². The Hall–Kier alpha value is 0.270. The van der Waals surface area contributed by atoms with E-state index in [0.29, 0.717) is 10.8 Å². The van der Waals surface area contributed by atoms with E-state index in [1.165, 1.54) is 25.3 Å². The van der Waals surface area contributed by atoms with Gasteiger partial charge in [0.25, 0.3) is 0 Å². The molecule has 1 rings (SSSR count). The second-order valence-corrected chi connectivity index (χ2v) is 6.66. The number of nitrogens with two attached hydrogens (primary N) is 1. The molecule has 3 heteroatoms. The van der Waals surface area contributed by atoms with Gasteiger partial charge >= 0.3 is 0 Å². The summed E-state index contributed by atoms with van der Waals surface area (Å²) in [6.45, 7) is 10.3. The number of nitrogens with zero attached hydrogens (tertiary/aromatic N) is 1. The molecule has 0 aromatic heterocycles. The molecular weight excluding hydrogens is 192 g/mol. The molecule has 2 N–H and O–H groups in total. The molecule has 0 aliphatic carbocycles. The van der Waals surface area contributed by atoms with Gasteiger partial charge in [-0.25, -0.2) is 0 Å². The van der Waals surface area contributed by atoms with Crippen molar-refractivity contribution in [3.8, 4) is 0 Å². The lowest BCUT2D eigenvalue weighted by Gasteiger charge is -2.40. The summed E-state index contributed by atoms with van der Waals surface area (Å²) in [5.74, 6) is 1.28. The van der Waals surface area contributed by atoms with Crippen LogP contribution in [0.5, 0.6) is 0 Å². The van der Waals surface area contributed by atoms with E-state index < -0.39 is 0 Å². The minimum atomic E-state index is 0.440. The van der Waals surface area contributed by atoms with E-state index >= 15 is 0 Å². The van der Waals surface area contributed by atoms with Crippen LogP contribution in [0.4, 0.5) is 0 Å². The van der Waals surface area contributed by atoms with Crippen LogP contribution in [0.3, 0.4) is 0 Å². The van der Waals surface area contributed by atoms with Gasteiger partial charge in [0.2, 0.25) is 0 Å². The molecule has 1 saturated heterocycles. The maximum atomic E-state index is 5.54. The summed E-state index contributed by atoms with van der Waals surface area (Å²) in [4.78, 5) is 2.62. The van der Waals surface area contributed by atoms with Crippen molar-refractivity contribution in [3.63, 3.8) is 0 Å². The number of hydrogen-bond donors (Lipinski definition) is 1. The van der Waals surface area contributed by atoms with Crippen LogP contribution in [0.1, 0.15) is 33.6 Å². The predicted molar refractivity (Wildman–Crippen MR) is 65.9 cm³/mol. The normalized spacial score (nSPS) is 24.9. The SMILES string of the molecule is CC(CCCN)N1CCSC(C)(C)C1. The van der Waals surface area contributed by atoms with Crippen LogP contribution in [0.15, 0.2) is 0 Å². The second kappa shape index (κ2) is 5.38. The zero-order chi connectivity index (χ0) is 10.6. The first-order valence-electron chi connectivity index (χ1n) is 5.63. The molecule has 0 spiro atoms. The Morgan fingerprint density at radius 2 is 2.21 bits per heavy atom. The molecule has 1 atom stereocenters.